The molecule has 0 spiro atoms. The first-order valence-electron chi connectivity index (χ1n) is 11.0. The van der Waals surface area contributed by atoms with Gasteiger partial charge >= 0.3 is 6.03 Å². The van der Waals surface area contributed by atoms with E-state index in [9.17, 15) is 13.8 Å². The van der Waals surface area contributed by atoms with E-state index in [0.29, 0.717) is 44.2 Å². The number of piperidine rings is 1. The quantitative estimate of drug-likeness (QED) is 0.625. The van der Waals surface area contributed by atoms with Crippen molar-refractivity contribution in [2.24, 2.45) is 0 Å². The molecule has 1 aromatic carbocycles. The molecule has 0 saturated carbocycles. The predicted molar refractivity (Wildman–Crippen MR) is 121 cm³/mol. The lowest BCUT2D eigenvalue weighted by Crippen LogP contribution is -2.60. The van der Waals surface area contributed by atoms with Crippen molar-refractivity contribution in [3.05, 3.63) is 35.9 Å². The summed E-state index contributed by atoms with van der Waals surface area (Å²) < 4.78 is 17.8. The summed E-state index contributed by atoms with van der Waals surface area (Å²) in [6.45, 7) is 4.76. The van der Waals surface area contributed by atoms with Crippen molar-refractivity contribution in [3.8, 4) is 0 Å². The Balaban J connectivity index is 1.59. The van der Waals surface area contributed by atoms with Gasteiger partial charge in [0, 0.05) is 54.8 Å². The second-order valence-corrected chi connectivity index (χ2v) is 9.56. The fourth-order valence-corrected chi connectivity index (χ4v) is 4.73. The third-order valence-corrected chi connectivity index (χ3v) is 6.45. The summed E-state index contributed by atoms with van der Waals surface area (Å²) in [4.78, 5) is 29.0. The number of ether oxygens (including phenoxy) is 1. The first-order valence-corrected chi connectivity index (χ1v) is 12.8. The summed E-state index contributed by atoms with van der Waals surface area (Å²) in [6, 6.07) is 9.10. The van der Waals surface area contributed by atoms with E-state index in [1.165, 1.54) is 0 Å². The molecule has 2 saturated heterocycles. The van der Waals surface area contributed by atoms with Gasteiger partial charge < -0.3 is 25.2 Å². The zero-order valence-electron chi connectivity index (χ0n) is 18.4. The predicted octanol–water partition coefficient (Wildman–Crippen LogP) is 1.41. The van der Waals surface area contributed by atoms with Crippen molar-refractivity contribution in [1.82, 2.24) is 20.4 Å². The van der Waals surface area contributed by atoms with Crippen LogP contribution < -0.4 is 10.6 Å². The Labute approximate surface area is 187 Å². The summed E-state index contributed by atoms with van der Waals surface area (Å²) in [7, 11) is -0.957. The van der Waals surface area contributed by atoms with Gasteiger partial charge in [-0.1, -0.05) is 18.2 Å². The first-order chi connectivity index (χ1) is 15.0. The van der Waals surface area contributed by atoms with Gasteiger partial charge in [-0.05, 0) is 38.3 Å². The molecule has 1 aromatic rings. The minimum absolute atomic E-state index is 0.0262. The van der Waals surface area contributed by atoms with Crippen molar-refractivity contribution in [2.45, 2.75) is 44.4 Å². The van der Waals surface area contributed by atoms with Crippen LogP contribution in [0.15, 0.2) is 30.3 Å². The van der Waals surface area contributed by atoms with Crippen molar-refractivity contribution < 1.29 is 18.5 Å². The minimum Gasteiger partial charge on any atom is -0.374 e. The second-order valence-electron chi connectivity index (χ2n) is 8.13. The Bertz CT molecular complexity index is 763. The molecule has 31 heavy (non-hydrogen) atoms. The SMILES string of the molecule is CCNC(=O)N1CCCC(NCS(C)=O)[C@@H]1CO[C@H]1CCN(C(=O)c2ccccc2)C1. The zero-order chi connectivity index (χ0) is 22.2. The number of rotatable bonds is 8. The van der Waals surface area contributed by atoms with Gasteiger partial charge in [-0.3, -0.25) is 9.00 Å². The molecule has 2 heterocycles. The molecule has 2 fully saturated rings. The molecule has 4 atom stereocenters. The fraction of sp³-hybridized carbons (Fsp3) is 0.636. The molecule has 8 nitrogen and oxygen atoms in total. The molecule has 3 amide bonds. The smallest absolute Gasteiger partial charge is 0.317 e. The van der Waals surface area contributed by atoms with Gasteiger partial charge in [0.15, 0.2) is 0 Å². The molecule has 2 aliphatic heterocycles. The van der Waals surface area contributed by atoms with Crippen LogP contribution in [0, 0.1) is 0 Å². The van der Waals surface area contributed by atoms with E-state index >= 15 is 0 Å². The second kappa shape index (κ2) is 11.6. The molecule has 0 bridgehead atoms. The van der Waals surface area contributed by atoms with E-state index in [1.807, 2.05) is 47.1 Å². The molecule has 3 rings (SSSR count). The van der Waals surface area contributed by atoms with E-state index in [0.717, 1.165) is 19.3 Å². The molecule has 0 aromatic heterocycles. The van der Waals surface area contributed by atoms with Crippen LogP contribution in [-0.4, -0.2) is 89.1 Å². The Morgan fingerprint density at radius 2 is 1.97 bits per heavy atom. The number of carbonyl (C=O) groups excluding carboxylic acids is 2. The molecular weight excluding hydrogens is 416 g/mol. The standard InChI is InChI=1S/C22H34N4O4S/c1-3-23-22(28)26-12-7-10-19(24-16-31(2)29)20(26)15-30-18-11-13-25(14-18)21(27)17-8-5-4-6-9-17/h4-6,8-9,18-20,24H,3,7,10-16H2,1-2H3,(H,23,28)/t18-,19?,20-,31?/m0/s1. The Morgan fingerprint density at radius 3 is 2.68 bits per heavy atom. The summed E-state index contributed by atoms with van der Waals surface area (Å²) in [5, 5.41) is 6.25. The third kappa shape index (κ3) is 6.51. The van der Waals surface area contributed by atoms with E-state index in [-0.39, 0.29) is 30.1 Å². The summed E-state index contributed by atoms with van der Waals surface area (Å²) in [5.74, 6) is 0.422. The van der Waals surface area contributed by atoms with E-state index in [2.05, 4.69) is 10.6 Å². The van der Waals surface area contributed by atoms with Gasteiger partial charge in [-0.15, -0.1) is 0 Å². The minimum atomic E-state index is -0.957. The summed E-state index contributed by atoms with van der Waals surface area (Å²) in [6.07, 6.45) is 4.20. The number of likely N-dealkylation sites (tertiary alicyclic amines) is 2. The van der Waals surface area contributed by atoms with E-state index in [1.54, 1.807) is 6.26 Å². The van der Waals surface area contributed by atoms with Gasteiger partial charge in [0.2, 0.25) is 0 Å². The Morgan fingerprint density at radius 1 is 1.19 bits per heavy atom. The maximum atomic E-state index is 12.7. The molecular formula is C22H34N4O4S. The highest BCUT2D eigenvalue weighted by molar-refractivity contribution is 7.84. The van der Waals surface area contributed by atoms with Gasteiger partial charge in [0.25, 0.3) is 5.91 Å². The highest BCUT2D eigenvalue weighted by atomic mass is 32.2. The monoisotopic (exact) mass is 450 g/mol. The number of nitrogens with one attached hydrogen (secondary N) is 2. The van der Waals surface area contributed by atoms with Crippen molar-refractivity contribution >= 4 is 22.7 Å². The number of urea groups is 1. The Kier molecular flexibility index (Phi) is 8.86. The average Bonchev–Trinajstić information content (AvgIpc) is 3.25. The molecule has 2 unspecified atom stereocenters. The maximum Gasteiger partial charge on any atom is 0.317 e. The molecule has 2 N–H and O–H groups in total. The summed E-state index contributed by atoms with van der Waals surface area (Å²) in [5.41, 5.74) is 0.690. The van der Waals surface area contributed by atoms with Crippen molar-refractivity contribution in [3.63, 3.8) is 0 Å². The highest BCUT2D eigenvalue weighted by Crippen LogP contribution is 2.22. The number of hydrogen-bond acceptors (Lipinski definition) is 5. The van der Waals surface area contributed by atoms with Gasteiger partial charge in [0.1, 0.15) is 0 Å². The zero-order valence-corrected chi connectivity index (χ0v) is 19.2. The van der Waals surface area contributed by atoms with Crippen LogP contribution in [0.25, 0.3) is 0 Å². The number of carbonyl (C=O) groups is 2. The number of nitrogens with zero attached hydrogens (tertiary/aromatic N) is 2. The first kappa shape index (κ1) is 23.7. The lowest BCUT2D eigenvalue weighted by Gasteiger charge is -2.41. The third-order valence-electron chi connectivity index (χ3n) is 5.87. The van der Waals surface area contributed by atoms with E-state index < -0.39 is 10.8 Å². The maximum absolute atomic E-state index is 12.7. The molecule has 2 aliphatic rings. The van der Waals surface area contributed by atoms with Gasteiger partial charge in [-0.25, -0.2) is 4.79 Å². The fourth-order valence-electron chi connectivity index (χ4n) is 4.28. The molecule has 0 radical (unpaired) electrons. The van der Waals surface area contributed by atoms with Crippen LogP contribution >= 0.6 is 0 Å². The van der Waals surface area contributed by atoms with Crippen LogP contribution in [0.1, 0.15) is 36.5 Å². The van der Waals surface area contributed by atoms with Crippen LogP contribution in [0.5, 0.6) is 0 Å². The van der Waals surface area contributed by atoms with Crippen LogP contribution in [-0.2, 0) is 15.5 Å². The van der Waals surface area contributed by atoms with Crippen LogP contribution in [0.4, 0.5) is 4.79 Å². The largest absolute Gasteiger partial charge is 0.374 e. The van der Waals surface area contributed by atoms with Gasteiger partial charge in [0.05, 0.1) is 24.6 Å². The van der Waals surface area contributed by atoms with Crippen molar-refractivity contribution in [2.75, 3.05) is 44.9 Å². The Hall–Kier alpha value is -1.97. The van der Waals surface area contributed by atoms with E-state index in [4.69, 9.17) is 4.74 Å². The average molecular weight is 451 g/mol. The number of amides is 3. The highest BCUT2D eigenvalue weighted by Gasteiger charge is 2.36. The topological polar surface area (TPSA) is 91.0 Å². The number of benzene rings is 1. The summed E-state index contributed by atoms with van der Waals surface area (Å²) >= 11 is 0. The lowest BCUT2D eigenvalue weighted by atomic mass is 9.97. The lowest BCUT2D eigenvalue weighted by molar-refractivity contribution is 0.00212. The number of hydrogen-bond donors (Lipinski definition) is 2. The van der Waals surface area contributed by atoms with Crippen molar-refractivity contribution in [1.29, 1.82) is 0 Å². The molecule has 0 aliphatic carbocycles. The molecule has 9 heteroatoms. The van der Waals surface area contributed by atoms with Crippen LogP contribution in [0.2, 0.25) is 0 Å². The molecule has 172 valence electrons. The normalized spacial score (nSPS) is 24.8. The van der Waals surface area contributed by atoms with Crippen LogP contribution in [0.3, 0.4) is 0 Å². The van der Waals surface area contributed by atoms with Gasteiger partial charge in [-0.2, -0.15) is 0 Å².